The van der Waals surface area contributed by atoms with E-state index >= 15 is 0 Å². The lowest BCUT2D eigenvalue weighted by Gasteiger charge is -2.02. The predicted molar refractivity (Wildman–Crippen MR) is 27.9 cm³/mol. The Bertz CT molecular complexity index is 194. The highest BCUT2D eigenvalue weighted by molar-refractivity contribution is 7.88. The first-order chi connectivity index (χ1) is 4.21. The maximum atomic E-state index is 11.2. The van der Waals surface area contributed by atoms with Gasteiger partial charge in [-0.05, 0) is 0 Å². The van der Waals surface area contributed by atoms with Crippen LogP contribution in [0.5, 0.6) is 0 Å². The van der Waals surface area contributed by atoms with Crippen molar-refractivity contribution in [2.45, 2.75) is 6.18 Å². The SMILES string of the molecule is CS(=O)(=O)[N]CC(F)(F)F. The van der Waals surface area contributed by atoms with Crippen molar-refractivity contribution in [1.82, 2.24) is 4.72 Å². The summed E-state index contributed by atoms with van der Waals surface area (Å²) in [5.74, 6) is 0. The summed E-state index contributed by atoms with van der Waals surface area (Å²) in [5, 5.41) is 0. The summed E-state index contributed by atoms with van der Waals surface area (Å²) in [6.07, 6.45) is -3.93. The van der Waals surface area contributed by atoms with Gasteiger partial charge in [0.05, 0.1) is 6.26 Å². The van der Waals surface area contributed by atoms with Crippen LogP contribution in [0.3, 0.4) is 0 Å². The van der Waals surface area contributed by atoms with Crippen LogP contribution >= 0.6 is 0 Å². The van der Waals surface area contributed by atoms with E-state index in [9.17, 15) is 21.6 Å². The molecule has 0 aliphatic heterocycles. The van der Waals surface area contributed by atoms with E-state index in [4.69, 9.17) is 0 Å². The zero-order chi connectivity index (χ0) is 8.41. The van der Waals surface area contributed by atoms with Crippen molar-refractivity contribution in [3.8, 4) is 0 Å². The number of nitrogens with zero attached hydrogens (tertiary/aromatic N) is 1. The highest BCUT2D eigenvalue weighted by Gasteiger charge is 2.29. The van der Waals surface area contributed by atoms with Crippen LogP contribution in [0.2, 0.25) is 0 Å². The minimum Gasteiger partial charge on any atom is -0.211 e. The molecule has 61 valence electrons. The molecule has 10 heavy (non-hydrogen) atoms. The molecule has 0 aliphatic rings. The number of halogens is 3. The molecule has 3 nitrogen and oxygen atoms in total. The van der Waals surface area contributed by atoms with E-state index in [0.29, 0.717) is 6.26 Å². The molecular weight excluding hydrogens is 171 g/mol. The first-order valence-electron chi connectivity index (χ1n) is 2.16. The minimum atomic E-state index is -4.54. The minimum absolute atomic E-state index is 0.610. The molecule has 0 saturated carbocycles. The van der Waals surface area contributed by atoms with E-state index in [0.717, 1.165) is 0 Å². The van der Waals surface area contributed by atoms with Crippen molar-refractivity contribution in [3.63, 3.8) is 0 Å². The number of hydrogen-bond acceptors (Lipinski definition) is 2. The molecule has 0 amide bonds. The molecule has 0 heterocycles. The molecule has 0 rings (SSSR count). The van der Waals surface area contributed by atoms with Gasteiger partial charge >= 0.3 is 6.18 Å². The molecule has 0 fully saturated rings. The van der Waals surface area contributed by atoms with Gasteiger partial charge in [-0.25, -0.2) is 8.42 Å². The highest BCUT2D eigenvalue weighted by Crippen LogP contribution is 2.12. The van der Waals surface area contributed by atoms with Gasteiger partial charge in [0.2, 0.25) is 10.0 Å². The molecule has 0 aromatic carbocycles. The van der Waals surface area contributed by atoms with E-state index in [1.165, 1.54) is 0 Å². The summed E-state index contributed by atoms with van der Waals surface area (Å²) in [7, 11) is -3.85. The molecule has 0 aromatic rings. The van der Waals surface area contributed by atoms with Gasteiger partial charge in [0, 0.05) is 0 Å². The van der Waals surface area contributed by atoms with Gasteiger partial charge in [0.1, 0.15) is 6.54 Å². The molecule has 0 atom stereocenters. The fourth-order valence-corrected chi connectivity index (χ4v) is 0.571. The number of sulfonamides is 1. The van der Waals surface area contributed by atoms with Gasteiger partial charge in [-0.2, -0.15) is 13.2 Å². The summed E-state index contributed by atoms with van der Waals surface area (Å²) in [5.41, 5.74) is 0. The summed E-state index contributed by atoms with van der Waals surface area (Å²) >= 11 is 0. The molecule has 0 aromatic heterocycles. The molecular formula is C3H5F3NO2S. The molecule has 1 radical (unpaired) electrons. The fraction of sp³-hybridized carbons (Fsp3) is 1.00. The van der Waals surface area contributed by atoms with Crippen LogP contribution in [-0.2, 0) is 10.0 Å². The normalized spacial score (nSPS) is 13.6. The Hall–Kier alpha value is -0.300. The average Bonchev–Trinajstić information content (AvgIpc) is 1.57. The number of alkyl halides is 3. The molecule has 0 spiro atoms. The van der Waals surface area contributed by atoms with Crippen molar-refractivity contribution in [1.29, 1.82) is 0 Å². The summed E-state index contributed by atoms with van der Waals surface area (Å²) < 4.78 is 56.1. The summed E-state index contributed by atoms with van der Waals surface area (Å²) in [4.78, 5) is 0. The zero-order valence-corrected chi connectivity index (χ0v) is 5.83. The van der Waals surface area contributed by atoms with Crippen molar-refractivity contribution < 1.29 is 21.6 Å². The van der Waals surface area contributed by atoms with E-state index in [-0.39, 0.29) is 0 Å². The number of rotatable bonds is 2. The number of hydrogen-bond donors (Lipinski definition) is 0. The largest absolute Gasteiger partial charge is 0.403 e. The van der Waals surface area contributed by atoms with E-state index in [1.807, 2.05) is 0 Å². The zero-order valence-electron chi connectivity index (χ0n) is 5.01. The van der Waals surface area contributed by atoms with E-state index in [1.54, 1.807) is 0 Å². The third-order valence-electron chi connectivity index (χ3n) is 0.478. The third kappa shape index (κ3) is 7.70. The maximum absolute atomic E-state index is 11.2. The van der Waals surface area contributed by atoms with Gasteiger partial charge in [-0.3, -0.25) is 0 Å². The first kappa shape index (κ1) is 9.70. The van der Waals surface area contributed by atoms with Crippen LogP contribution in [0.4, 0.5) is 13.2 Å². The molecule has 0 aliphatic carbocycles. The second-order valence-electron chi connectivity index (χ2n) is 1.64. The summed E-state index contributed by atoms with van der Waals surface area (Å²) in [6, 6.07) is 0. The second kappa shape index (κ2) is 2.75. The maximum Gasteiger partial charge on any atom is 0.403 e. The highest BCUT2D eigenvalue weighted by atomic mass is 32.2. The molecule has 0 bridgehead atoms. The Morgan fingerprint density at radius 1 is 1.40 bits per heavy atom. The summed E-state index contributed by atoms with van der Waals surface area (Å²) in [6.45, 7) is -1.63. The average molecular weight is 176 g/mol. The monoisotopic (exact) mass is 176 g/mol. The van der Waals surface area contributed by atoms with E-state index < -0.39 is 22.7 Å². The molecule has 0 saturated heterocycles. The Morgan fingerprint density at radius 3 is 1.90 bits per heavy atom. The van der Waals surface area contributed by atoms with E-state index in [2.05, 4.69) is 4.72 Å². The van der Waals surface area contributed by atoms with Crippen molar-refractivity contribution in [2.24, 2.45) is 0 Å². The molecule has 0 unspecified atom stereocenters. The van der Waals surface area contributed by atoms with Crippen molar-refractivity contribution in [2.75, 3.05) is 12.8 Å². The van der Waals surface area contributed by atoms with Crippen molar-refractivity contribution >= 4 is 10.0 Å². The Kier molecular flexibility index (Phi) is 2.67. The van der Waals surface area contributed by atoms with Gasteiger partial charge in [-0.15, -0.1) is 4.72 Å². The van der Waals surface area contributed by atoms with Crippen LogP contribution in [0, 0.1) is 0 Å². The third-order valence-corrected chi connectivity index (χ3v) is 1.08. The quantitative estimate of drug-likeness (QED) is 0.599. The first-order valence-corrected chi connectivity index (χ1v) is 4.01. The van der Waals surface area contributed by atoms with Crippen LogP contribution in [0.1, 0.15) is 0 Å². The van der Waals surface area contributed by atoms with Crippen molar-refractivity contribution in [3.05, 3.63) is 0 Å². The molecule has 0 N–H and O–H groups in total. The van der Waals surface area contributed by atoms with Crippen LogP contribution in [0.25, 0.3) is 0 Å². The van der Waals surface area contributed by atoms with Gasteiger partial charge in [0.15, 0.2) is 0 Å². The standard InChI is InChI=1S/C3H5F3NO2S/c1-10(8,9)7-2-3(4,5)6/h2H2,1H3. The van der Waals surface area contributed by atoms with Gasteiger partial charge in [-0.1, -0.05) is 0 Å². The van der Waals surface area contributed by atoms with Crippen LogP contribution in [-0.4, -0.2) is 27.4 Å². The Balaban J connectivity index is 3.79. The lowest BCUT2D eigenvalue weighted by molar-refractivity contribution is -0.121. The van der Waals surface area contributed by atoms with Gasteiger partial charge in [0.25, 0.3) is 0 Å². The lowest BCUT2D eigenvalue weighted by atomic mass is 10.7. The van der Waals surface area contributed by atoms with Crippen LogP contribution < -0.4 is 4.72 Å². The van der Waals surface area contributed by atoms with Gasteiger partial charge < -0.3 is 0 Å². The Morgan fingerprint density at radius 2 is 1.80 bits per heavy atom. The second-order valence-corrected chi connectivity index (χ2v) is 3.36. The lowest BCUT2D eigenvalue weighted by Crippen LogP contribution is -2.27. The topological polar surface area (TPSA) is 48.2 Å². The predicted octanol–water partition coefficient (Wildman–Crippen LogP) is 0.113. The van der Waals surface area contributed by atoms with Crippen LogP contribution in [0.15, 0.2) is 0 Å². The smallest absolute Gasteiger partial charge is 0.211 e. The molecule has 7 heteroatoms. The fourth-order valence-electron chi connectivity index (χ4n) is 0.190. The Labute approximate surface area is 56.3 Å².